The maximum atomic E-state index is 13.2. The number of hydrogen-bond donors (Lipinski definition) is 9. The summed E-state index contributed by atoms with van der Waals surface area (Å²) in [6, 6.07) is -0.922. The molecule has 12 unspecified atom stereocenters. The zero-order valence-electron chi connectivity index (χ0n) is 48.0. The first-order valence-electron chi connectivity index (χ1n) is 31.2. The number of allylic oxidation sites excluding steroid dienone is 5. The Labute approximate surface area is 461 Å². The van der Waals surface area contributed by atoms with Crippen molar-refractivity contribution >= 4 is 5.91 Å². The molecule has 2 rings (SSSR count). The average molecular weight is 1080 g/mol. The van der Waals surface area contributed by atoms with Crippen molar-refractivity contribution in [2.24, 2.45) is 0 Å². The standard InChI is InChI=1S/C62H115NO13/c1-3-5-7-9-11-13-15-17-19-20-21-22-23-24-25-26-27-28-29-30-31-32-33-35-37-39-41-43-45-51(66)50(63-54(67)46-44-42-40-38-36-34-18-16-14-12-10-8-6-4-2)49-73-61-59(72)57(70)60(53(48-65)75-61)76-62-58(71)56(69)55(68)52(47-64)74-62/h10,12,16,18,43,45,50-53,55-62,64-66,68-72H,3-9,11,13-15,17,19-42,44,46-49H2,1-2H3,(H,63,67)/b12-10-,18-16-,45-43+. The third-order valence-electron chi connectivity index (χ3n) is 15.3. The van der Waals surface area contributed by atoms with Crippen molar-refractivity contribution in [1.82, 2.24) is 5.32 Å². The first kappa shape index (κ1) is 70.3. The van der Waals surface area contributed by atoms with Crippen LogP contribution in [0.2, 0.25) is 0 Å². The summed E-state index contributed by atoms with van der Waals surface area (Å²) in [4.78, 5) is 13.2. The third-order valence-corrected chi connectivity index (χ3v) is 15.3. The maximum absolute atomic E-state index is 13.2. The number of hydrogen-bond acceptors (Lipinski definition) is 13. The van der Waals surface area contributed by atoms with Gasteiger partial charge in [-0.15, -0.1) is 0 Å². The van der Waals surface area contributed by atoms with Gasteiger partial charge in [-0.3, -0.25) is 4.79 Å². The van der Waals surface area contributed by atoms with E-state index >= 15 is 0 Å². The SMILES string of the molecule is CCCC/C=C\C/C=C\CCCCCCCC(=O)NC(COC1OC(CO)C(OC2OC(CO)C(O)C(O)C2O)C(O)C1O)C(O)/C=C/CCCCCCCCCCCCCCCCCCCCCCCCCCCC. The van der Waals surface area contributed by atoms with Crippen LogP contribution in [-0.2, 0) is 23.7 Å². The van der Waals surface area contributed by atoms with Crippen LogP contribution in [0.1, 0.15) is 258 Å². The number of carbonyl (C=O) groups excluding carboxylic acids is 1. The molecule has 0 bridgehead atoms. The van der Waals surface area contributed by atoms with Crippen molar-refractivity contribution in [2.45, 2.75) is 331 Å². The fourth-order valence-electron chi connectivity index (χ4n) is 10.3. The minimum atomic E-state index is -1.79. The number of unbranched alkanes of at least 4 members (excludes halogenated alkanes) is 33. The predicted octanol–water partition coefficient (Wildman–Crippen LogP) is 11.0. The molecule has 12 atom stereocenters. The summed E-state index contributed by atoms with van der Waals surface area (Å²) in [7, 11) is 0. The number of ether oxygens (including phenoxy) is 4. The Bertz CT molecular complexity index is 1410. The highest BCUT2D eigenvalue weighted by atomic mass is 16.7. The lowest BCUT2D eigenvalue weighted by atomic mass is 9.97. The van der Waals surface area contributed by atoms with Gasteiger partial charge in [-0.25, -0.2) is 0 Å². The van der Waals surface area contributed by atoms with Crippen LogP contribution in [0.3, 0.4) is 0 Å². The van der Waals surface area contributed by atoms with E-state index in [4.69, 9.17) is 18.9 Å². The summed E-state index contributed by atoms with van der Waals surface area (Å²) in [6.45, 7) is 2.76. The van der Waals surface area contributed by atoms with Gasteiger partial charge in [0.2, 0.25) is 5.91 Å². The van der Waals surface area contributed by atoms with Gasteiger partial charge in [-0.05, 0) is 44.9 Å². The van der Waals surface area contributed by atoms with Gasteiger partial charge >= 0.3 is 0 Å². The van der Waals surface area contributed by atoms with Gasteiger partial charge in [0.05, 0.1) is 32.0 Å². The molecular formula is C62H115NO13. The van der Waals surface area contributed by atoms with Crippen molar-refractivity contribution in [3.63, 3.8) is 0 Å². The summed E-state index contributed by atoms with van der Waals surface area (Å²) in [6.07, 6.45) is 42.0. The Balaban J connectivity index is 1.71. The molecular weight excluding hydrogens is 967 g/mol. The lowest BCUT2D eigenvalue weighted by Crippen LogP contribution is -2.65. The Morgan fingerprint density at radius 1 is 0.474 bits per heavy atom. The van der Waals surface area contributed by atoms with Gasteiger partial charge in [-0.2, -0.15) is 0 Å². The minimum absolute atomic E-state index is 0.252. The van der Waals surface area contributed by atoms with Gasteiger partial charge in [0.15, 0.2) is 12.6 Å². The summed E-state index contributed by atoms with van der Waals surface area (Å²) in [5.74, 6) is -0.252. The number of aliphatic hydroxyl groups is 8. The number of carbonyl (C=O) groups is 1. The lowest BCUT2D eigenvalue weighted by Gasteiger charge is -2.46. The normalized spacial score (nSPS) is 25.1. The summed E-state index contributed by atoms with van der Waals surface area (Å²) in [5.41, 5.74) is 0. The van der Waals surface area contributed by atoms with Crippen molar-refractivity contribution in [3.05, 3.63) is 36.5 Å². The van der Waals surface area contributed by atoms with Crippen molar-refractivity contribution < 1.29 is 64.6 Å². The molecule has 0 spiro atoms. The molecule has 76 heavy (non-hydrogen) atoms. The predicted molar refractivity (Wildman–Crippen MR) is 305 cm³/mol. The van der Waals surface area contributed by atoms with Gasteiger partial charge in [0, 0.05) is 6.42 Å². The number of aliphatic hydroxyl groups excluding tert-OH is 8. The first-order chi connectivity index (χ1) is 37.1. The highest BCUT2D eigenvalue weighted by Gasteiger charge is 2.51. The van der Waals surface area contributed by atoms with Crippen LogP contribution in [0.5, 0.6) is 0 Å². The molecule has 446 valence electrons. The van der Waals surface area contributed by atoms with Crippen LogP contribution in [-0.4, -0.2) is 140 Å². The van der Waals surface area contributed by atoms with Gasteiger partial charge < -0.3 is 65.1 Å². The van der Waals surface area contributed by atoms with E-state index in [1.165, 1.54) is 167 Å². The smallest absolute Gasteiger partial charge is 0.220 e. The second-order valence-electron chi connectivity index (χ2n) is 22.2. The first-order valence-corrected chi connectivity index (χ1v) is 31.2. The van der Waals surface area contributed by atoms with E-state index in [-0.39, 0.29) is 18.9 Å². The molecule has 2 saturated heterocycles. The van der Waals surface area contributed by atoms with Crippen molar-refractivity contribution in [2.75, 3.05) is 19.8 Å². The molecule has 2 fully saturated rings. The van der Waals surface area contributed by atoms with Crippen molar-refractivity contribution in [3.8, 4) is 0 Å². The quantitative estimate of drug-likeness (QED) is 0.0204. The maximum Gasteiger partial charge on any atom is 0.220 e. The molecule has 0 radical (unpaired) electrons. The van der Waals surface area contributed by atoms with Gasteiger partial charge in [0.25, 0.3) is 0 Å². The van der Waals surface area contributed by atoms with Crippen molar-refractivity contribution in [1.29, 1.82) is 0 Å². The van der Waals surface area contributed by atoms with E-state index in [2.05, 4.69) is 43.5 Å². The Morgan fingerprint density at radius 3 is 1.36 bits per heavy atom. The van der Waals surface area contributed by atoms with E-state index in [9.17, 15) is 45.6 Å². The molecule has 2 heterocycles. The van der Waals surface area contributed by atoms with E-state index in [0.29, 0.717) is 6.42 Å². The lowest BCUT2D eigenvalue weighted by molar-refractivity contribution is -0.359. The number of nitrogens with one attached hydrogen (secondary N) is 1. The van der Waals surface area contributed by atoms with Crippen LogP contribution < -0.4 is 5.32 Å². The molecule has 2 aliphatic rings. The molecule has 0 aliphatic carbocycles. The molecule has 14 heteroatoms. The van der Waals surface area contributed by atoms with Crippen LogP contribution >= 0.6 is 0 Å². The second-order valence-corrected chi connectivity index (χ2v) is 22.2. The molecule has 9 N–H and O–H groups in total. The summed E-state index contributed by atoms with van der Waals surface area (Å²) in [5, 5.41) is 87.1. The highest BCUT2D eigenvalue weighted by molar-refractivity contribution is 5.76. The number of amides is 1. The Kier molecular flexibility index (Phi) is 44.4. The fraction of sp³-hybridized carbons (Fsp3) is 0.887. The Morgan fingerprint density at radius 2 is 0.882 bits per heavy atom. The molecule has 0 aromatic rings. The van der Waals surface area contributed by atoms with E-state index < -0.39 is 86.8 Å². The van der Waals surface area contributed by atoms with E-state index in [0.717, 1.165) is 64.2 Å². The molecule has 14 nitrogen and oxygen atoms in total. The highest BCUT2D eigenvalue weighted by Crippen LogP contribution is 2.30. The fourth-order valence-corrected chi connectivity index (χ4v) is 10.3. The zero-order valence-corrected chi connectivity index (χ0v) is 48.0. The second kappa shape index (κ2) is 48.0. The van der Waals surface area contributed by atoms with Crippen LogP contribution in [0.4, 0.5) is 0 Å². The zero-order chi connectivity index (χ0) is 55.3. The minimum Gasteiger partial charge on any atom is -0.394 e. The molecule has 0 aromatic carbocycles. The monoisotopic (exact) mass is 1080 g/mol. The van der Waals surface area contributed by atoms with Crippen LogP contribution in [0.25, 0.3) is 0 Å². The molecule has 0 aromatic heterocycles. The van der Waals surface area contributed by atoms with E-state index in [1.807, 2.05) is 6.08 Å². The van der Waals surface area contributed by atoms with Gasteiger partial charge in [0.1, 0.15) is 48.8 Å². The Hall–Kier alpha value is -1.79. The summed E-state index contributed by atoms with van der Waals surface area (Å²) < 4.78 is 22.8. The third kappa shape index (κ3) is 33.1. The number of rotatable bonds is 50. The van der Waals surface area contributed by atoms with E-state index in [1.54, 1.807) is 6.08 Å². The molecule has 2 aliphatic heterocycles. The van der Waals surface area contributed by atoms with Gasteiger partial charge in [-0.1, -0.05) is 243 Å². The topological polar surface area (TPSA) is 228 Å². The molecule has 0 saturated carbocycles. The largest absolute Gasteiger partial charge is 0.394 e. The average Bonchev–Trinajstić information content (AvgIpc) is 3.42. The van der Waals surface area contributed by atoms with Crippen LogP contribution in [0, 0.1) is 0 Å². The summed E-state index contributed by atoms with van der Waals surface area (Å²) >= 11 is 0. The molecule has 1 amide bonds. The van der Waals surface area contributed by atoms with Crippen LogP contribution in [0.15, 0.2) is 36.5 Å².